The van der Waals surface area contributed by atoms with Crippen LogP contribution in [-0.4, -0.2) is 29.7 Å². The molecule has 0 rings (SSSR count). The van der Waals surface area contributed by atoms with Crippen molar-refractivity contribution in [1.82, 2.24) is 0 Å². The van der Waals surface area contributed by atoms with Crippen molar-refractivity contribution in [2.75, 3.05) is 13.2 Å². The molecule has 0 N–H and O–H groups in total. The maximum atomic E-state index is 5.47. The lowest BCUT2D eigenvalue weighted by Gasteiger charge is -2.17. The summed E-state index contributed by atoms with van der Waals surface area (Å²) < 4.78 is 10.9. The normalized spacial score (nSPS) is 10.9. The van der Waals surface area contributed by atoms with E-state index in [0.29, 0.717) is 0 Å². The van der Waals surface area contributed by atoms with E-state index in [1.807, 2.05) is 0 Å². The molecule has 0 aliphatic rings. The maximum Gasteiger partial charge on any atom is 0.174 e. The fourth-order valence-electron chi connectivity index (χ4n) is 0.782. The van der Waals surface area contributed by atoms with Crippen molar-refractivity contribution in [3.05, 3.63) is 11.8 Å². The van der Waals surface area contributed by atoms with E-state index in [1.165, 1.54) is 0 Å². The molecule has 0 fully saturated rings. The van der Waals surface area contributed by atoms with Gasteiger partial charge in [0.25, 0.3) is 0 Å². The zero-order valence-corrected chi connectivity index (χ0v) is 10.4. The first kappa shape index (κ1) is 11.9. The molecule has 72 valence electrons. The molecule has 0 spiro atoms. The Morgan fingerprint density at radius 2 is 1.67 bits per heavy atom. The molecule has 0 saturated carbocycles. The fraction of sp³-hybridized carbons (Fsp3) is 0.778. The summed E-state index contributed by atoms with van der Waals surface area (Å²) in [4.78, 5) is 0. The van der Waals surface area contributed by atoms with Crippen LogP contribution in [-0.2, 0) is 9.47 Å². The molecule has 0 saturated heterocycles. The lowest BCUT2D eigenvalue weighted by Crippen LogP contribution is -2.20. The van der Waals surface area contributed by atoms with Crippen LogP contribution in [0.3, 0.4) is 0 Å². The van der Waals surface area contributed by atoms with Gasteiger partial charge in [0.15, 0.2) is 6.29 Å². The van der Waals surface area contributed by atoms with E-state index in [-0.39, 0.29) is 6.29 Å². The number of hydrogen-bond donors (Lipinski definition) is 0. The minimum atomic E-state index is -0.142. The molecule has 0 radical (unpaired) electrons. The van der Waals surface area contributed by atoms with Gasteiger partial charge < -0.3 is 9.47 Å². The lowest BCUT2D eigenvalue weighted by atomic mass is 10.5. The number of ether oxygens (including phenoxy) is 2. The Bertz CT molecular complexity index is 118. The van der Waals surface area contributed by atoms with Gasteiger partial charge in [-0.15, -0.1) is 0 Å². The molecule has 0 unspecified atom stereocenters. The van der Waals surface area contributed by atoms with Gasteiger partial charge in [-0.25, -0.2) is 0 Å². The summed E-state index contributed by atoms with van der Waals surface area (Å²) in [7, 11) is 0.941. The predicted octanol–water partition coefficient (Wildman–Crippen LogP) is 1.04. The van der Waals surface area contributed by atoms with Gasteiger partial charge in [0.1, 0.15) is 0 Å². The maximum absolute atomic E-state index is 5.47. The Morgan fingerprint density at radius 1 is 1.25 bits per heavy atom. The summed E-state index contributed by atoms with van der Waals surface area (Å²) in [6, 6.07) is 0. The van der Waals surface area contributed by atoms with Crippen LogP contribution in [0, 0.1) is 0 Å². The van der Waals surface area contributed by atoms with Gasteiger partial charge in [0, 0.05) is 23.5 Å². The van der Waals surface area contributed by atoms with Crippen molar-refractivity contribution in [3.63, 3.8) is 0 Å². The second kappa shape index (κ2) is 7.52. The summed E-state index contributed by atoms with van der Waals surface area (Å²) in [5, 5.41) is 1.08. The third kappa shape index (κ3) is 5.52. The first-order valence-electron chi connectivity index (χ1n) is 4.61. The highest BCUT2D eigenvalue weighted by Gasteiger charge is 2.07. The molecular weight excluding hydrogens is 168 g/mol. The highest BCUT2D eigenvalue weighted by molar-refractivity contribution is 6.21. The van der Waals surface area contributed by atoms with Gasteiger partial charge >= 0.3 is 0 Å². The molecule has 0 aromatic heterocycles. The van der Waals surface area contributed by atoms with Crippen molar-refractivity contribution in [2.24, 2.45) is 0 Å². The van der Waals surface area contributed by atoms with E-state index in [4.69, 9.17) is 9.47 Å². The molecule has 12 heavy (non-hydrogen) atoms. The quantitative estimate of drug-likeness (QED) is 0.439. The van der Waals surface area contributed by atoms with Crippen molar-refractivity contribution in [3.8, 4) is 0 Å². The molecule has 0 aromatic carbocycles. The van der Waals surface area contributed by atoms with Crippen molar-refractivity contribution in [2.45, 2.75) is 33.0 Å². The third-order valence-electron chi connectivity index (χ3n) is 1.35. The molecule has 0 heterocycles. The van der Waals surface area contributed by atoms with Gasteiger partial charge in [0.05, 0.1) is 0 Å². The topological polar surface area (TPSA) is 18.5 Å². The van der Waals surface area contributed by atoms with Crippen molar-refractivity contribution in [1.29, 1.82) is 0 Å². The molecule has 0 aromatic rings. The zero-order chi connectivity index (χ0) is 9.40. The Hall–Kier alpha value is -0.123. The highest BCUT2D eigenvalue weighted by atomic mass is 28.1. The van der Waals surface area contributed by atoms with Crippen LogP contribution in [0.1, 0.15) is 26.7 Å². The van der Waals surface area contributed by atoms with Gasteiger partial charge in [-0.3, -0.25) is 0 Å². The molecule has 0 bridgehead atoms. The van der Waals surface area contributed by atoms with E-state index in [0.717, 1.165) is 41.5 Å². The van der Waals surface area contributed by atoms with E-state index in [2.05, 4.69) is 20.4 Å². The highest BCUT2D eigenvalue weighted by Crippen LogP contribution is 2.04. The van der Waals surface area contributed by atoms with Crippen LogP contribution < -0.4 is 0 Å². The van der Waals surface area contributed by atoms with Crippen LogP contribution in [0.25, 0.3) is 0 Å². The van der Waals surface area contributed by atoms with Gasteiger partial charge in [-0.05, 0) is 18.0 Å². The second-order valence-electron chi connectivity index (χ2n) is 2.92. The van der Waals surface area contributed by atoms with Gasteiger partial charge in [-0.2, -0.15) is 0 Å². The minimum Gasteiger partial charge on any atom is -0.349 e. The van der Waals surface area contributed by atoms with E-state index < -0.39 is 0 Å². The summed E-state index contributed by atoms with van der Waals surface area (Å²) in [6.45, 7) is 9.57. The van der Waals surface area contributed by atoms with Crippen molar-refractivity contribution < 1.29 is 9.47 Å². The largest absolute Gasteiger partial charge is 0.349 e. The van der Waals surface area contributed by atoms with E-state index in [1.54, 1.807) is 0 Å². The van der Waals surface area contributed by atoms with Gasteiger partial charge in [0.2, 0.25) is 0 Å². The molecule has 2 nitrogen and oxygen atoms in total. The zero-order valence-electron chi connectivity index (χ0n) is 8.43. The van der Waals surface area contributed by atoms with Crippen LogP contribution in [0.2, 0.25) is 0 Å². The lowest BCUT2D eigenvalue weighted by molar-refractivity contribution is -0.113. The SMILES string of the molecule is C=C([SiH3])C(OCCC)OCCC. The Labute approximate surface area is 78.4 Å². The molecular formula is C9H20O2Si. The molecule has 0 aliphatic heterocycles. The van der Waals surface area contributed by atoms with Gasteiger partial charge in [-0.1, -0.05) is 20.4 Å². The standard InChI is InChI=1S/C9H20O2Si/c1-4-6-10-9(8(3)12)11-7-5-2/h9H,3-7H2,1-2,12H3. The third-order valence-corrected chi connectivity index (χ3v) is 1.82. The van der Waals surface area contributed by atoms with Crippen LogP contribution in [0.4, 0.5) is 0 Å². The average molecular weight is 188 g/mol. The van der Waals surface area contributed by atoms with E-state index in [9.17, 15) is 0 Å². The number of rotatable bonds is 7. The molecule has 0 atom stereocenters. The summed E-state index contributed by atoms with van der Waals surface area (Å²) >= 11 is 0. The van der Waals surface area contributed by atoms with Crippen LogP contribution >= 0.6 is 0 Å². The Balaban J connectivity index is 3.62. The molecule has 0 amide bonds. The fourth-order valence-corrected chi connectivity index (χ4v) is 1.12. The van der Waals surface area contributed by atoms with Crippen LogP contribution in [0.5, 0.6) is 0 Å². The van der Waals surface area contributed by atoms with E-state index >= 15 is 0 Å². The second-order valence-corrected chi connectivity index (χ2v) is 4.20. The summed E-state index contributed by atoms with van der Waals surface area (Å²) in [5.74, 6) is 0. The van der Waals surface area contributed by atoms with Crippen LogP contribution in [0.15, 0.2) is 11.8 Å². The Morgan fingerprint density at radius 3 is 1.92 bits per heavy atom. The minimum absolute atomic E-state index is 0.142. The smallest absolute Gasteiger partial charge is 0.174 e. The monoisotopic (exact) mass is 188 g/mol. The predicted molar refractivity (Wildman–Crippen MR) is 55.4 cm³/mol. The average Bonchev–Trinajstić information content (AvgIpc) is 2.04. The molecule has 3 heteroatoms. The first-order valence-corrected chi connectivity index (χ1v) is 5.61. The number of hydrogen-bond acceptors (Lipinski definition) is 2. The Kier molecular flexibility index (Phi) is 7.44. The van der Waals surface area contributed by atoms with Crippen molar-refractivity contribution >= 4 is 10.2 Å². The summed E-state index contributed by atoms with van der Waals surface area (Å²) in [6.07, 6.45) is 1.92. The molecule has 0 aliphatic carbocycles. The first-order chi connectivity index (χ1) is 5.72. The summed E-state index contributed by atoms with van der Waals surface area (Å²) in [5.41, 5.74) is 0.